The van der Waals surface area contributed by atoms with Crippen LogP contribution in [-0.4, -0.2) is 22.8 Å². The molecule has 7 nitrogen and oxygen atoms in total. The summed E-state index contributed by atoms with van der Waals surface area (Å²) in [5, 5.41) is 20.5. The van der Waals surface area contributed by atoms with E-state index in [1.54, 1.807) is 30.3 Å². The van der Waals surface area contributed by atoms with E-state index in [0.29, 0.717) is 35.3 Å². The van der Waals surface area contributed by atoms with E-state index in [0.717, 1.165) is 0 Å². The maximum atomic E-state index is 13.1. The summed E-state index contributed by atoms with van der Waals surface area (Å²) < 4.78 is 18.1. The number of rotatable bonds is 4. The highest BCUT2D eigenvalue weighted by Crippen LogP contribution is 2.53. The largest absolute Gasteiger partial charge is 0.482 e. The second-order valence-corrected chi connectivity index (χ2v) is 10.4. The first kappa shape index (κ1) is 24.8. The van der Waals surface area contributed by atoms with Crippen LogP contribution in [0.1, 0.15) is 61.2 Å². The highest BCUT2D eigenvalue weighted by molar-refractivity contribution is 5.89. The number of aliphatic hydroxyl groups is 1. The van der Waals surface area contributed by atoms with Crippen molar-refractivity contribution in [2.45, 2.75) is 51.4 Å². The fourth-order valence-corrected chi connectivity index (χ4v) is 5.59. The average Bonchev–Trinajstić information content (AvgIpc) is 2.89. The maximum absolute atomic E-state index is 13.1. The van der Waals surface area contributed by atoms with Gasteiger partial charge < -0.3 is 19.0 Å². The van der Waals surface area contributed by atoms with Gasteiger partial charge in [0.15, 0.2) is 0 Å². The van der Waals surface area contributed by atoms with Gasteiger partial charge in [0.25, 0.3) is 0 Å². The Labute approximate surface area is 215 Å². The zero-order valence-corrected chi connectivity index (χ0v) is 21.0. The molecule has 0 radical (unpaired) electrons. The molecule has 190 valence electrons. The van der Waals surface area contributed by atoms with Crippen LogP contribution in [0.25, 0.3) is 11.3 Å². The van der Waals surface area contributed by atoms with E-state index in [9.17, 15) is 14.7 Å². The van der Waals surface area contributed by atoms with Crippen molar-refractivity contribution in [1.82, 2.24) is 0 Å². The zero-order valence-electron chi connectivity index (χ0n) is 21.0. The van der Waals surface area contributed by atoms with Crippen molar-refractivity contribution in [2.24, 2.45) is 17.8 Å². The molecular weight excluding hydrogens is 470 g/mol. The van der Waals surface area contributed by atoms with Crippen LogP contribution in [0.5, 0.6) is 5.75 Å². The number of hydrogen-bond donors (Lipinski definition) is 1. The van der Waals surface area contributed by atoms with Gasteiger partial charge in [0.1, 0.15) is 28.8 Å². The summed E-state index contributed by atoms with van der Waals surface area (Å²) in [6.45, 7) is 6.03. The van der Waals surface area contributed by atoms with Crippen LogP contribution in [0.3, 0.4) is 0 Å². The van der Waals surface area contributed by atoms with Gasteiger partial charge in [-0.15, -0.1) is 0 Å². The standard InChI is InChI=1S/C30H29NO6/c1-17(2)21-13-22-27(32)26-24(15-23(35-29(26)34)19-7-5-4-6-8-19)37-30(22,3)25(14-21)36-28(33)20-11-9-18(16-31)10-12-20/h4-12,15,17,21-22,25,27,32H,13-14H2,1-3H3/t21-,22-,25-,27+,30-/m0/s1. The summed E-state index contributed by atoms with van der Waals surface area (Å²) in [5.41, 5.74) is -0.117. The molecule has 0 spiro atoms. The number of ether oxygens (including phenoxy) is 2. The molecule has 1 aliphatic carbocycles. The molecule has 37 heavy (non-hydrogen) atoms. The summed E-state index contributed by atoms with van der Waals surface area (Å²) in [6, 6.07) is 19.1. The Bertz CT molecular complexity index is 1400. The highest BCUT2D eigenvalue weighted by Gasteiger charge is 2.58. The second-order valence-electron chi connectivity index (χ2n) is 10.4. The summed E-state index contributed by atoms with van der Waals surface area (Å²) in [6.07, 6.45) is -0.633. The Balaban J connectivity index is 1.53. The van der Waals surface area contributed by atoms with Gasteiger partial charge in [0, 0.05) is 17.5 Å². The van der Waals surface area contributed by atoms with Gasteiger partial charge in [-0.05, 0) is 55.9 Å². The Morgan fingerprint density at radius 3 is 2.49 bits per heavy atom. The second kappa shape index (κ2) is 9.53. The number of carbonyl (C=O) groups excluding carboxylic acids is 1. The minimum Gasteiger partial charge on any atom is -0.482 e. The number of carbonyl (C=O) groups is 1. The van der Waals surface area contributed by atoms with Gasteiger partial charge in [-0.25, -0.2) is 9.59 Å². The van der Waals surface area contributed by atoms with Gasteiger partial charge in [0.2, 0.25) is 0 Å². The fraction of sp³-hybridized carbons (Fsp3) is 0.367. The average molecular weight is 500 g/mol. The molecule has 0 saturated heterocycles. The van der Waals surface area contributed by atoms with Crippen molar-refractivity contribution in [3.8, 4) is 23.1 Å². The molecule has 1 aromatic heterocycles. The number of hydrogen-bond acceptors (Lipinski definition) is 7. The van der Waals surface area contributed by atoms with Crippen molar-refractivity contribution in [3.05, 3.63) is 87.8 Å². The van der Waals surface area contributed by atoms with Crippen molar-refractivity contribution in [3.63, 3.8) is 0 Å². The molecule has 0 unspecified atom stereocenters. The van der Waals surface area contributed by atoms with Crippen LogP contribution in [0.2, 0.25) is 0 Å². The number of benzene rings is 2. The van der Waals surface area contributed by atoms with E-state index < -0.39 is 35.3 Å². The third-order valence-corrected chi connectivity index (χ3v) is 7.91. The van der Waals surface area contributed by atoms with Gasteiger partial charge in [-0.1, -0.05) is 44.2 Å². The van der Waals surface area contributed by atoms with E-state index >= 15 is 0 Å². The molecule has 0 bridgehead atoms. The van der Waals surface area contributed by atoms with Gasteiger partial charge in [-0.2, -0.15) is 5.26 Å². The molecule has 0 amide bonds. The summed E-state index contributed by atoms with van der Waals surface area (Å²) in [7, 11) is 0. The summed E-state index contributed by atoms with van der Waals surface area (Å²) in [4.78, 5) is 26.2. The SMILES string of the molecule is CC(C)[C@@H]1C[C@H](OC(=O)c2ccc(C#N)cc2)[C@@]2(C)Oc3cc(-c4ccccc4)oc(=O)c3[C@H](O)[C@@H]2C1. The van der Waals surface area contributed by atoms with Crippen LogP contribution < -0.4 is 10.4 Å². The van der Waals surface area contributed by atoms with E-state index in [4.69, 9.17) is 19.2 Å². The zero-order chi connectivity index (χ0) is 26.3. The predicted molar refractivity (Wildman–Crippen MR) is 136 cm³/mol. The predicted octanol–water partition coefficient (Wildman–Crippen LogP) is 5.27. The molecule has 1 N–H and O–H groups in total. The monoisotopic (exact) mass is 499 g/mol. The first-order valence-corrected chi connectivity index (χ1v) is 12.5. The lowest BCUT2D eigenvalue weighted by Crippen LogP contribution is -2.61. The maximum Gasteiger partial charge on any atom is 0.345 e. The molecule has 5 rings (SSSR count). The van der Waals surface area contributed by atoms with E-state index in [1.165, 1.54) is 0 Å². The Morgan fingerprint density at radius 2 is 1.84 bits per heavy atom. The van der Waals surface area contributed by atoms with Gasteiger partial charge >= 0.3 is 11.6 Å². The quantitative estimate of drug-likeness (QED) is 0.487. The lowest BCUT2D eigenvalue weighted by atomic mass is 9.63. The number of aliphatic hydroxyl groups excluding tert-OH is 1. The van der Waals surface area contributed by atoms with Crippen LogP contribution in [-0.2, 0) is 4.74 Å². The number of fused-ring (bicyclic) bond motifs is 2. The van der Waals surface area contributed by atoms with Crippen molar-refractivity contribution in [2.75, 3.05) is 0 Å². The molecule has 2 aliphatic rings. The van der Waals surface area contributed by atoms with E-state index in [2.05, 4.69) is 13.8 Å². The smallest absolute Gasteiger partial charge is 0.345 e. The normalized spacial score (nSPS) is 26.4. The van der Waals surface area contributed by atoms with E-state index in [-0.39, 0.29) is 23.1 Å². The minimum absolute atomic E-state index is 0.101. The van der Waals surface area contributed by atoms with E-state index in [1.807, 2.05) is 43.3 Å². The molecule has 2 aromatic carbocycles. The minimum atomic E-state index is -1.13. The number of nitrogens with zero attached hydrogens (tertiary/aromatic N) is 1. The van der Waals surface area contributed by atoms with Crippen LogP contribution in [0.4, 0.5) is 0 Å². The first-order valence-electron chi connectivity index (χ1n) is 12.5. The van der Waals surface area contributed by atoms with Crippen molar-refractivity contribution < 1.29 is 23.8 Å². The number of nitriles is 1. The fourth-order valence-electron chi connectivity index (χ4n) is 5.59. The van der Waals surface area contributed by atoms with Crippen LogP contribution in [0.15, 0.2) is 69.9 Å². The van der Waals surface area contributed by atoms with Crippen LogP contribution in [0, 0.1) is 29.1 Å². The van der Waals surface area contributed by atoms with Crippen LogP contribution >= 0.6 is 0 Å². The number of esters is 1. The molecular formula is C30H29NO6. The first-order chi connectivity index (χ1) is 17.7. The topological polar surface area (TPSA) is 110 Å². The van der Waals surface area contributed by atoms with Gasteiger partial charge in [0.05, 0.1) is 23.3 Å². The Kier molecular flexibility index (Phi) is 6.38. The van der Waals surface area contributed by atoms with Gasteiger partial charge in [-0.3, -0.25) is 0 Å². The molecule has 5 atom stereocenters. The molecule has 2 heterocycles. The molecule has 3 aromatic rings. The molecule has 7 heteroatoms. The Hall–Kier alpha value is -3.89. The lowest BCUT2D eigenvalue weighted by molar-refractivity contribution is -0.170. The Morgan fingerprint density at radius 1 is 1.14 bits per heavy atom. The summed E-state index contributed by atoms with van der Waals surface area (Å²) in [5.74, 6) is -0.0199. The molecule has 1 aliphatic heterocycles. The van der Waals surface area contributed by atoms with Crippen molar-refractivity contribution in [1.29, 1.82) is 5.26 Å². The van der Waals surface area contributed by atoms with Crippen molar-refractivity contribution >= 4 is 5.97 Å². The highest BCUT2D eigenvalue weighted by atomic mass is 16.6. The third-order valence-electron chi connectivity index (χ3n) is 7.91. The third kappa shape index (κ3) is 4.42. The molecule has 1 saturated carbocycles. The lowest BCUT2D eigenvalue weighted by Gasteiger charge is -2.53. The summed E-state index contributed by atoms with van der Waals surface area (Å²) >= 11 is 0. The molecule has 1 fully saturated rings.